The lowest BCUT2D eigenvalue weighted by molar-refractivity contribution is -0.133. The molecule has 6 heteroatoms. The van der Waals surface area contributed by atoms with E-state index in [0.29, 0.717) is 11.9 Å². The molecule has 2 atom stereocenters. The van der Waals surface area contributed by atoms with Crippen molar-refractivity contribution in [3.05, 3.63) is 18.2 Å². The van der Waals surface area contributed by atoms with Gasteiger partial charge in [0.15, 0.2) is 0 Å². The van der Waals surface area contributed by atoms with Crippen LogP contribution in [0.25, 0.3) is 0 Å². The fourth-order valence-electron chi connectivity index (χ4n) is 4.19. The van der Waals surface area contributed by atoms with Crippen molar-refractivity contribution < 1.29 is 9.90 Å². The van der Waals surface area contributed by atoms with Crippen LogP contribution in [0.1, 0.15) is 44.0 Å². The van der Waals surface area contributed by atoms with Gasteiger partial charge in [-0.1, -0.05) is 0 Å². The van der Waals surface area contributed by atoms with Crippen molar-refractivity contribution in [3.8, 4) is 0 Å². The predicted molar refractivity (Wildman–Crippen MR) is 85.6 cm³/mol. The van der Waals surface area contributed by atoms with Crippen LogP contribution in [-0.2, 0) is 11.8 Å². The van der Waals surface area contributed by atoms with Crippen LogP contribution in [0.2, 0.25) is 0 Å². The molecule has 4 rings (SSSR count). The second-order valence-electron chi connectivity index (χ2n) is 7.28. The first-order chi connectivity index (χ1) is 11.1. The van der Waals surface area contributed by atoms with E-state index in [1.165, 1.54) is 12.8 Å². The summed E-state index contributed by atoms with van der Waals surface area (Å²) in [5.41, 5.74) is 0. The van der Waals surface area contributed by atoms with Crippen LogP contribution in [0.4, 0.5) is 0 Å². The van der Waals surface area contributed by atoms with Crippen molar-refractivity contribution in [3.63, 3.8) is 0 Å². The fourth-order valence-corrected chi connectivity index (χ4v) is 4.19. The number of hydrogen-bond acceptors (Lipinski definition) is 4. The molecular weight excluding hydrogens is 292 g/mol. The zero-order chi connectivity index (χ0) is 16.0. The highest BCUT2D eigenvalue weighted by molar-refractivity contribution is 5.84. The van der Waals surface area contributed by atoms with E-state index >= 15 is 0 Å². The first kappa shape index (κ1) is 15.1. The van der Waals surface area contributed by atoms with E-state index in [-0.39, 0.29) is 12.0 Å². The van der Waals surface area contributed by atoms with Crippen molar-refractivity contribution in [1.82, 2.24) is 19.4 Å². The molecule has 6 nitrogen and oxygen atoms in total. The molecule has 1 aromatic heterocycles. The fraction of sp³-hybridized carbons (Fsp3) is 0.765. The number of imidazole rings is 1. The van der Waals surface area contributed by atoms with Gasteiger partial charge in [-0.3, -0.25) is 9.69 Å². The topological polar surface area (TPSA) is 61.6 Å². The molecule has 0 radical (unpaired) electrons. The molecule has 1 aliphatic carbocycles. The molecule has 1 saturated carbocycles. The number of aromatic nitrogens is 2. The Bertz CT molecular complexity index is 575. The minimum Gasteiger partial charge on any atom is -0.385 e. The summed E-state index contributed by atoms with van der Waals surface area (Å²) in [7, 11) is 1.92. The zero-order valence-electron chi connectivity index (χ0n) is 13.8. The number of carbonyl (C=O) groups excluding carboxylic acids is 1. The van der Waals surface area contributed by atoms with Crippen LogP contribution >= 0.6 is 0 Å². The number of aryl methyl sites for hydroxylation is 1. The van der Waals surface area contributed by atoms with Gasteiger partial charge in [0.05, 0.1) is 6.04 Å². The average molecular weight is 318 g/mol. The SMILES string of the molecule is Cn1ccnc1C(O)C1CCN(C2CCN(C3CC3)C2=O)CC1. The highest BCUT2D eigenvalue weighted by Gasteiger charge is 2.43. The summed E-state index contributed by atoms with van der Waals surface area (Å²) >= 11 is 0. The minimum atomic E-state index is -0.501. The standard InChI is InChI=1S/C17H26N4O2/c1-19-11-7-18-16(19)15(22)12-4-8-20(9-5-12)14-6-10-21(17(14)23)13-2-3-13/h7,11-15,22H,2-6,8-10H2,1H3. The molecule has 0 bridgehead atoms. The Morgan fingerprint density at radius 3 is 2.52 bits per heavy atom. The van der Waals surface area contributed by atoms with E-state index in [1.807, 2.05) is 17.8 Å². The molecule has 3 heterocycles. The van der Waals surface area contributed by atoms with Crippen LogP contribution in [-0.4, -0.2) is 62.1 Å². The van der Waals surface area contributed by atoms with Gasteiger partial charge in [0.1, 0.15) is 11.9 Å². The number of aliphatic hydroxyl groups is 1. The molecule has 23 heavy (non-hydrogen) atoms. The molecule has 2 aliphatic heterocycles. The lowest BCUT2D eigenvalue weighted by Crippen LogP contribution is -2.46. The molecular formula is C17H26N4O2. The summed E-state index contributed by atoms with van der Waals surface area (Å²) in [4.78, 5) is 21.3. The maximum Gasteiger partial charge on any atom is 0.240 e. The van der Waals surface area contributed by atoms with Crippen LogP contribution in [0, 0.1) is 5.92 Å². The molecule has 3 aliphatic rings. The Kier molecular flexibility index (Phi) is 3.89. The van der Waals surface area contributed by atoms with Crippen molar-refractivity contribution in [2.45, 2.75) is 50.3 Å². The van der Waals surface area contributed by atoms with Gasteiger partial charge in [0.25, 0.3) is 0 Å². The van der Waals surface area contributed by atoms with E-state index in [4.69, 9.17) is 0 Å². The van der Waals surface area contributed by atoms with Crippen molar-refractivity contribution in [1.29, 1.82) is 0 Å². The Labute approximate surface area is 137 Å². The van der Waals surface area contributed by atoms with Crippen molar-refractivity contribution >= 4 is 5.91 Å². The largest absolute Gasteiger partial charge is 0.385 e. The predicted octanol–water partition coefficient (Wildman–Crippen LogP) is 0.929. The van der Waals surface area contributed by atoms with Crippen molar-refractivity contribution in [2.24, 2.45) is 13.0 Å². The third kappa shape index (κ3) is 2.78. The van der Waals surface area contributed by atoms with Crippen LogP contribution in [0.5, 0.6) is 0 Å². The van der Waals surface area contributed by atoms with Gasteiger partial charge in [-0.25, -0.2) is 4.98 Å². The number of hydrogen-bond donors (Lipinski definition) is 1. The highest BCUT2D eigenvalue weighted by Crippen LogP contribution is 2.35. The number of rotatable bonds is 4. The van der Waals surface area contributed by atoms with E-state index in [0.717, 1.165) is 44.7 Å². The maximum absolute atomic E-state index is 12.6. The number of likely N-dealkylation sites (tertiary alicyclic amines) is 2. The Balaban J connectivity index is 1.34. The van der Waals surface area contributed by atoms with E-state index in [1.54, 1.807) is 6.20 Å². The number of nitrogens with zero attached hydrogens (tertiary/aromatic N) is 4. The normalized spacial score (nSPS) is 28.5. The second kappa shape index (κ2) is 5.91. The summed E-state index contributed by atoms with van der Waals surface area (Å²) in [5, 5.41) is 10.6. The quantitative estimate of drug-likeness (QED) is 0.897. The molecule has 1 aromatic rings. The summed E-state index contributed by atoms with van der Waals surface area (Å²) < 4.78 is 1.89. The van der Waals surface area contributed by atoms with Crippen LogP contribution in [0.15, 0.2) is 12.4 Å². The number of carbonyl (C=O) groups is 1. The number of aliphatic hydroxyl groups excluding tert-OH is 1. The van der Waals surface area contributed by atoms with Gasteiger partial charge >= 0.3 is 0 Å². The van der Waals surface area contributed by atoms with Gasteiger partial charge in [-0.2, -0.15) is 0 Å². The minimum absolute atomic E-state index is 0.0851. The number of amides is 1. The molecule has 2 unspecified atom stereocenters. The number of piperidine rings is 1. The monoisotopic (exact) mass is 318 g/mol. The lowest BCUT2D eigenvalue weighted by atomic mass is 9.90. The second-order valence-corrected chi connectivity index (χ2v) is 7.28. The van der Waals surface area contributed by atoms with E-state index in [2.05, 4.69) is 14.8 Å². The van der Waals surface area contributed by atoms with Crippen LogP contribution < -0.4 is 0 Å². The molecule has 1 amide bonds. The van der Waals surface area contributed by atoms with Crippen molar-refractivity contribution in [2.75, 3.05) is 19.6 Å². The van der Waals surface area contributed by atoms with Gasteiger partial charge < -0.3 is 14.6 Å². The lowest BCUT2D eigenvalue weighted by Gasteiger charge is -2.36. The van der Waals surface area contributed by atoms with Gasteiger partial charge in [0.2, 0.25) is 5.91 Å². The first-order valence-corrected chi connectivity index (χ1v) is 8.85. The summed E-state index contributed by atoms with van der Waals surface area (Å²) in [6.07, 6.45) is 8.32. The third-order valence-electron chi connectivity index (χ3n) is 5.78. The Hall–Kier alpha value is -1.40. The zero-order valence-corrected chi connectivity index (χ0v) is 13.8. The maximum atomic E-state index is 12.6. The molecule has 0 spiro atoms. The van der Waals surface area contributed by atoms with Gasteiger partial charge in [0, 0.05) is 32.0 Å². The van der Waals surface area contributed by atoms with E-state index in [9.17, 15) is 9.90 Å². The summed E-state index contributed by atoms with van der Waals surface area (Å²) in [6.45, 7) is 2.74. The summed E-state index contributed by atoms with van der Waals surface area (Å²) in [5.74, 6) is 1.33. The third-order valence-corrected chi connectivity index (χ3v) is 5.78. The summed E-state index contributed by atoms with van der Waals surface area (Å²) in [6, 6.07) is 0.622. The van der Waals surface area contributed by atoms with Gasteiger partial charge in [-0.05, 0) is 51.1 Å². The molecule has 2 saturated heterocycles. The molecule has 3 fully saturated rings. The average Bonchev–Trinajstić information content (AvgIpc) is 3.20. The van der Waals surface area contributed by atoms with E-state index < -0.39 is 6.10 Å². The highest BCUT2D eigenvalue weighted by atomic mass is 16.3. The Morgan fingerprint density at radius 1 is 1.17 bits per heavy atom. The smallest absolute Gasteiger partial charge is 0.240 e. The molecule has 126 valence electrons. The molecule has 0 aromatic carbocycles. The Morgan fingerprint density at radius 2 is 1.91 bits per heavy atom. The molecule has 1 N–H and O–H groups in total. The van der Waals surface area contributed by atoms with Gasteiger partial charge in [-0.15, -0.1) is 0 Å². The van der Waals surface area contributed by atoms with Crippen LogP contribution in [0.3, 0.4) is 0 Å². The first-order valence-electron chi connectivity index (χ1n) is 8.85.